The number of nitrogens with zero attached hydrogens (tertiary/aromatic N) is 2. The standard InChI is InChI=1S/C78H132N2O10/c1-9-17-21-25-29-33-37-41-45-49-57-87-67-55-53-65(61-69(67)89-59-51-47-43-39-35-31-27-23-19-11-3)75-73-74(78(82)79(75)63-71(83-13-5)84-14-6)76(80(77(73)81)64-72(85-15-7)86-16-8)66-54-56-68(88-58-50-46-42-38-34-30-26-22-18-10-2)70(62-66)90-60-52-48-44-40-36-32-28-24-20-12-4/h53-56,61-62,71-72H,9-52,57-60,63-64H2,1-8H3. The van der Waals surface area contributed by atoms with Crippen LogP contribution in [-0.4, -0.2) is 100 Å². The molecule has 0 N–H and O–H groups in total. The Kier molecular flexibility index (Phi) is 44.7. The molecule has 0 aliphatic carbocycles. The zero-order chi connectivity index (χ0) is 64.5. The maximum Gasteiger partial charge on any atom is 0.261 e. The molecule has 0 radical (unpaired) electrons. The molecule has 2 heterocycles. The predicted molar refractivity (Wildman–Crippen MR) is 374 cm³/mol. The second kappa shape index (κ2) is 51.3. The number of rotatable bonds is 62. The largest absolute Gasteiger partial charge is 0.490 e. The number of hydrogen-bond acceptors (Lipinski definition) is 10. The molecular weight excluding hydrogens is 1120 g/mol. The first-order valence-corrected chi connectivity index (χ1v) is 37.7. The van der Waals surface area contributed by atoms with Crippen LogP contribution >= 0.6 is 0 Å². The van der Waals surface area contributed by atoms with Crippen molar-refractivity contribution < 1.29 is 47.5 Å². The third kappa shape index (κ3) is 30.3. The Morgan fingerprint density at radius 3 is 0.744 bits per heavy atom. The van der Waals surface area contributed by atoms with Gasteiger partial charge in [0.25, 0.3) is 11.8 Å². The first-order chi connectivity index (χ1) is 44.3. The van der Waals surface area contributed by atoms with Crippen molar-refractivity contribution in [3.8, 4) is 23.0 Å². The van der Waals surface area contributed by atoms with Crippen molar-refractivity contribution in [2.24, 2.45) is 0 Å². The van der Waals surface area contributed by atoms with Gasteiger partial charge in [-0.3, -0.25) is 9.59 Å². The third-order valence-corrected chi connectivity index (χ3v) is 17.7. The summed E-state index contributed by atoms with van der Waals surface area (Å²) in [5, 5.41) is 0. The smallest absolute Gasteiger partial charge is 0.261 e. The Morgan fingerprint density at radius 2 is 0.511 bits per heavy atom. The lowest BCUT2D eigenvalue weighted by Crippen LogP contribution is -2.39. The molecule has 2 aromatic rings. The van der Waals surface area contributed by atoms with Gasteiger partial charge in [-0.2, -0.15) is 0 Å². The summed E-state index contributed by atoms with van der Waals surface area (Å²) >= 11 is 0. The summed E-state index contributed by atoms with van der Waals surface area (Å²) in [6.45, 7) is 20.7. The molecule has 2 amide bonds. The maximum atomic E-state index is 15.8. The molecule has 12 heteroatoms. The summed E-state index contributed by atoms with van der Waals surface area (Å²) < 4.78 is 51.4. The van der Waals surface area contributed by atoms with E-state index in [9.17, 15) is 0 Å². The number of hydrogen-bond donors (Lipinski definition) is 0. The van der Waals surface area contributed by atoms with E-state index in [0.29, 0.717) is 110 Å². The second-order valence-corrected chi connectivity index (χ2v) is 25.4. The first kappa shape index (κ1) is 78.3. The summed E-state index contributed by atoms with van der Waals surface area (Å²) in [7, 11) is 0. The van der Waals surface area contributed by atoms with Crippen LogP contribution in [0.2, 0.25) is 0 Å². The Hall–Kier alpha value is -4.10. The minimum absolute atomic E-state index is 0.0642. The summed E-state index contributed by atoms with van der Waals surface area (Å²) in [6, 6.07) is 11.8. The van der Waals surface area contributed by atoms with E-state index in [2.05, 4.69) is 27.7 Å². The van der Waals surface area contributed by atoms with E-state index in [4.69, 9.17) is 37.9 Å². The topological polar surface area (TPSA) is 114 Å². The van der Waals surface area contributed by atoms with Crippen molar-refractivity contribution in [3.63, 3.8) is 0 Å². The lowest BCUT2D eigenvalue weighted by atomic mass is 10.0. The van der Waals surface area contributed by atoms with Crippen LogP contribution in [0.3, 0.4) is 0 Å². The van der Waals surface area contributed by atoms with E-state index >= 15 is 9.59 Å². The van der Waals surface area contributed by atoms with Crippen molar-refractivity contribution >= 4 is 23.2 Å². The van der Waals surface area contributed by atoms with Crippen molar-refractivity contribution in [2.75, 3.05) is 65.9 Å². The molecule has 0 spiro atoms. The number of unbranched alkanes of at least 4 members (excludes halogenated alkanes) is 36. The van der Waals surface area contributed by atoms with Gasteiger partial charge >= 0.3 is 0 Å². The van der Waals surface area contributed by atoms with Gasteiger partial charge in [-0.1, -0.05) is 259 Å². The summed E-state index contributed by atoms with van der Waals surface area (Å²) in [6.07, 6.45) is 47.9. The average Bonchev–Trinajstić information content (AvgIpc) is 1.56. The molecule has 0 bridgehead atoms. The Bertz CT molecular complexity index is 2060. The summed E-state index contributed by atoms with van der Waals surface area (Å²) in [5.41, 5.74) is 2.91. The molecule has 0 unspecified atom stereocenters. The van der Waals surface area contributed by atoms with Crippen LogP contribution in [-0.2, 0) is 28.5 Å². The molecule has 2 aromatic carbocycles. The van der Waals surface area contributed by atoms with Gasteiger partial charge in [0.05, 0.1) is 62.1 Å². The molecule has 12 nitrogen and oxygen atoms in total. The lowest BCUT2D eigenvalue weighted by molar-refractivity contribution is -0.151. The number of ether oxygens (including phenoxy) is 8. The zero-order valence-electron chi connectivity index (χ0n) is 59.0. The van der Waals surface area contributed by atoms with Gasteiger partial charge in [0.2, 0.25) is 0 Å². The minimum atomic E-state index is -0.748. The molecule has 0 atom stereocenters. The lowest BCUT2D eigenvalue weighted by Gasteiger charge is -2.29. The highest BCUT2D eigenvalue weighted by molar-refractivity contribution is 6.30. The zero-order valence-corrected chi connectivity index (χ0v) is 59.0. The van der Waals surface area contributed by atoms with Crippen LogP contribution < -0.4 is 18.9 Å². The highest BCUT2D eigenvalue weighted by Crippen LogP contribution is 2.49. The van der Waals surface area contributed by atoms with Crippen LogP contribution in [0.25, 0.3) is 11.4 Å². The maximum absolute atomic E-state index is 15.8. The van der Waals surface area contributed by atoms with Gasteiger partial charge in [0, 0.05) is 37.6 Å². The highest BCUT2D eigenvalue weighted by Gasteiger charge is 2.50. The Balaban J connectivity index is 1.77. The van der Waals surface area contributed by atoms with Gasteiger partial charge in [0.1, 0.15) is 0 Å². The van der Waals surface area contributed by atoms with E-state index in [0.717, 1.165) is 51.4 Å². The van der Waals surface area contributed by atoms with Gasteiger partial charge in [-0.25, -0.2) is 0 Å². The fourth-order valence-electron chi connectivity index (χ4n) is 12.6. The first-order valence-electron chi connectivity index (χ1n) is 37.7. The summed E-state index contributed by atoms with van der Waals surface area (Å²) in [5.74, 6) is 1.90. The second-order valence-electron chi connectivity index (χ2n) is 25.4. The number of carbonyl (C=O) groups is 2. The van der Waals surface area contributed by atoms with Crippen molar-refractivity contribution in [1.29, 1.82) is 0 Å². The molecule has 0 fully saturated rings. The molecule has 0 saturated heterocycles. The van der Waals surface area contributed by atoms with Gasteiger partial charge in [-0.05, 0) is 89.8 Å². The fourth-order valence-corrected chi connectivity index (χ4v) is 12.6. The fraction of sp³-hybridized carbons (Fsp3) is 0.769. The molecule has 90 heavy (non-hydrogen) atoms. The van der Waals surface area contributed by atoms with Crippen LogP contribution in [0.15, 0.2) is 47.5 Å². The number of amides is 2. The van der Waals surface area contributed by atoms with E-state index in [-0.39, 0.29) is 24.9 Å². The Morgan fingerprint density at radius 1 is 0.289 bits per heavy atom. The third-order valence-electron chi connectivity index (χ3n) is 17.7. The van der Waals surface area contributed by atoms with E-state index in [1.54, 1.807) is 9.80 Å². The molecule has 2 aliphatic rings. The van der Waals surface area contributed by atoms with E-state index in [1.165, 1.54) is 205 Å². The van der Waals surface area contributed by atoms with Crippen LogP contribution in [0.1, 0.15) is 323 Å². The van der Waals surface area contributed by atoms with Crippen LogP contribution in [0.4, 0.5) is 0 Å². The van der Waals surface area contributed by atoms with Crippen LogP contribution in [0.5, 0.6) is 23.0 Å². The molecule has 2 aliphatic heterocycles. The van der Waals surface area contributed by atoms with Crippen molar-refractivity contribution in [3.05, 3.63) is 58.7 Å². The van der Waals surface area contributed by atoms with Gasteiger partial charge in [0.15, 0.2) is 35.6 Å². The van der Waals surface area contributed by atoms with Crippen molar-refractivity contribution in [2.45, 2.75) is 325 Å². The van der Waals surface area contributed by atoms with Crippen molar-refractivity contribution in [1.82, 2.24) is 9.80 Å². The normalized spacial score (nSPS) is 13.4. The highest BCUT2D eigenvalue weighted by atomic mass is 16.7. The number of benzene rings is 2. The predicted octanol–water partition coefficient (Wildman–Crippen LogP) is 21.5. The van der Waals surface area contributed by atoms with E-state index in [1.807, 2.05) is 64.1 Å². The van der Waals surface area contributed by atoms with Gasteiger partial charge in [-0.15, -0.1) is 0 Å². The summed E-state index contributed by atoms with van der Waals surface area (Å²) in [4.78, 5) is 35.0. The minimum Gasteiger partial charge on any atom is -0.490 e. The van der Waals surface area contributed by atoms with E-state index < -0.39 is 12.6 Å². The number of carbonyl (C=O) groups excluding carboxylic acids is 2. The molecule has 0 aromatic heterocycles. The monoisotopic (exact) mass is 1260 g/mol. The molecule has 0 saturated carbocycles. The Labute approximate surface area is 550 Å². The SMILES string of the molecule is CCCCCCCCCCCCOc1ccc(C2=C3C(=O)N(CC(OCC)OCC)C(c4ccc(OCCCCCCCCCCCC)c(OCCCCCCCCCCCC)c4)=C3C(=O)N2CC(OCC)OCC)cc1OCCCCCCCCCCCC. The quantitative estimate of drug-likeness (QED) is 0.0468. The molecule has 4 rings (SSSR count). The average molecular weight is 1260 g/mol. The van der Waals surface area contributed by atoms with Crippen LogP contribution in [0, 0.1) is 0 Å². The number of fused-ring (bicyclic) bond motifs is 1. The van der Waals surface area contributed by atoms with Gasteiger partial charge < -0.3 is 47.7 Å². The molecule has 514 valence electrons. The molecular formula is C78H132N2O10.